The third-order valence-corrected chi connectivity index (χ3v) is 2.99. The van der Waals surface area contributed by atoms with Gasteiger partial charge in [0.25, 0.3) is 0 Å². The van der Waals surface area contributed by atoms with Gasteiger partial charge in [0.1, 0.15) is 0 Å². The summed E-state index contributed by atoms with van der Waals surface area (Å²) in [6, 6.07) is -0.0838. The highest BCUT2D eigenvalue weighted by molar-refractivity contribution is 5.80. The molecule has 0 saturated carbocycles. The molecule has 1 aliphatic heterocycles. The molecule has 94 valence electrons. The smallest absolute Gasteiger partial charge is 0.238 e. The van der Waals surface area contributed by atoms with Gasteiger partial charge in [-0.1, -0.05) is 0 Å². The van der Waals surface area contributed by atoms with E-state index in [0.29, 0.717) is 6.10 Å². The maximum atomic E-state index is 11.5. The molecule has 0 bridgehead atoms. The highest BCUT2D eigenvalue weighted by Crippen LogP contribution is 2.16. The van der Waals surface area contributed by atoms with Crippen molar-refractivity contribution >= 4 is 5.91 Å². The normalized spacial score (nSPS) is 22.1. The third kappa shape index (κ3) is 4.49. The molecule has 4 nitrogen and oxygen atoms in total. The lowest BCUT2D eigenvalue weighted by Gasteiger charge is -2.18. The van der Waals surface area contributed by atoms with E-state index in [1.165, 1.54) is 12.8 Å². The van der Waals surface area contributed by atoms with Crippen molar-refractivity contribution in [1.29, 1.82) is 0 Å². The van der Waals surface area contributed by atoms with Gasteiger partial charge < -0.3 is 15.0 Å². The molecule has 1 rings (SSSR count). The van der Waals surface area contributed by atoms with E-state index < -0.39 is 0 Å². The van der Waals surface area contributed by atoms with Gasteiger partial charge in [0, 0.05) is 20.7 Å². The third-order valence-electron chi connectivity index (χ3n) is 2.99. The van der Waals surface area contributed by atoms with Crippen molar-refractivity contribution in [1.82, 2.24) is 10.2 Å². The predicted octanol–water partition coefficient (Wildman–Crippen LogP) is 1.01. The summed E-state index contributed by atoms with van der Waals surface area (Å²) in [7, 11) is 3.57. The van der Waals surface area contributed by atoms with Crippen molar-refractivity contribution in [3.8, 4) is 0 Å². The molecular weight excluding hydrogens is 204 g/mol. The Labute approximate surface area is 98.3 Å². The van der Waals surface area contributed by atoms with Gasteiger partial charge in [-0.15, -0.1) is 0 Å². The molecule has 0 aromatic rings. The minimum absolute atomic E-state index is 0.0838. The second-order valence-corrected chi connectivity index (χ2v) is 4.69. The van der Waals surface area contributed by atoms with E-state index in [2.05, 4.69) is 5.32 Å². The molecular formula is C12H24N2O2. The van der Waals surface area contributed by atoms with Crippen LogP contribution >= 0.6 is 0 Å². The molecule has 0 radical (unpaired) electrons. The standard InChI is InChI=1S/C12H24N2O2/c1-10(12(15)14(2)3)13-8-4-6-11-7-5-9-16-11/h10-11,13H,4-9H2,1-3H3. The lowest BCUT2D eigenvalue weighted by atomic mass is 10.1. The van der Waals surface area contributed by atoms with Gasteiger partial charge in [-0.05, 0) is 39.2 Å². The number of nitrogens with one attached hydrogen (secondary N) is 1. The summed E-state index contributed by atoms with van der Waals surface area (Å²) in [5.41, 5.74) is 0. The average Bonchev–Trinajstić information content (AvgIpc) is 2.75. The van der Waals surface area contributed by atoms with Crippen molar-refractivity contribution in [2.24, 2.45) is 0 Å². The summed E-state index contributed by atoms with van der Waals surface area (Å²) >= 11 is 0. The fourth-order valence-corrected chi connectivity index (χ4v) is 1.99. The highest BCUT2D eigenvalue weighted by atomic mass is 16.5. The Bertz CT molecular complexity index is 213. The molecule has 0 aromatic carbocycles. The Balaban J connectivity index is 2.03. The van der Waals surface area contributed by atoms with Crippen LogP contribution in [-0.2, 0) is 9.53 Å². The van der Waals surface area contributed by atoms with E-state index in [-0.39, 0.29) is 11.9 Å². The first-order valence-corrected chi connectivity index (χ1v) is 6.17. The molecule has 1 heterocycles. The van der Waals surface area contributed by atoms with Gasteiger partial charge in [-0.25, -0.2) is 0 Å². The number of amides is 1. The van der Waals surface area contributed by atoms with Gasteiger partial charge in [0.15, 0.2) is 0 Å². The molecule has 4 heteroatoms. The second-order valence-electron chi connectivity index (χ2n) is 4.69. The van der Waals surface area contributed by atoms with Crippen LogP contribution in [0, 0.1) is 0 Å². The number of hydrogen-bond donors (Lipinski definition) is 1. The number of carbonyl (C=O) groups excluding carboxylic acids is 1. The highest BCUT2D eigenvalue weighted by Gasteiger charge is 2.16. The fourth-order valence-electron chi connectivity index (χ4n) is 1.99. The summed E-state index contributed by atoms with van der Waals surface area (Å²) in [6.45, 7) is 3.72. The largest absolute Gasteiger partial charge is 0.378 e. The maximum Gasteiger partial charge on any atom is 0.238 e. The number of ether oxygens (including phenoxy) is 1. The summed E-state index contributed by atoms with van der Waals surface area (Å²) in [6.07, 6.45) is 5.05. The minimum atomic E-state index is -0.0838. The second kappa shape index (κ2) is 6.86. The quantitative estimate of drug-likeness (QED) is 0.690. The molecule has 2 unspecified atom stereocenters. The number of rotatable bonds is 6. The Morgan fingerprint density at radius 2 is 2.31 bits per heavy atom. The van der Waals surface area contributed by atoms with Gasteiger partial charge in [-0.2, -0.15) is 0 Å². The number of hydrogen-bond acceptors (Lipinski definition) is 3. The molecule has 1 amide bonds. The summed E-state index contributed by atoms with van der Waals surface area (Å²) < 4.78 is 5.54. The van der Waals surface area contributed by atoms with Gasteiger partial charge in [0.2, 0.25) is 5.91 Å². The van der Waals surface area contributed by atoms with Crippen molar-refractivity contribution in [3.05, 3.63) is 0 Å². The van der Waals surface area contributed by atoms with Crippen LogP contribution < -0.4 is 5.32 Å². The Morgan fingerprint density at radius 3 is 2.88 bits per heavy atom. The van der Waals surface area contributed by atoms with E-state index >= 15 is 0 Å². The zero-order valence-electron chi connectivity index (χ0n) is 10.7. The first kappa shape index (κ1) is 13.5. The maximum absolute atomic E-state index is 11.5. The number of nitrogens with zero attached hydrogens (tertiary/aromatic N) is 1. The SMILES string of the molecule is CC(NCCCC1CCCO1)C(=O)N(C)C. The predicted molar refractivity (Wildman–Crippen MR) is 64.4 cm³/mol. The van der Waals surface area contributed by atoms with Crippen LogP contribution in [0.3, 0.4) is 0 Å². The fraction of sp³-hybridized carbons (Fsp3) is 0.917. The molecule has 1 N–H and O–H groups in total. The lowest BCUT2D eigenvalue weighted by molar-refractivity contribution is -0.130. The molecule has 1 aliphatic rings. The summed E-state index contributed by atoms with van der Waals surface area (Å²) in [5.74, 6) is 0.136. The van der Waals surface area contributed by atoms with Crippen molar-refractivity contribution in [2.45, 2.75) is 44.8 Å². The average molecular weight is 228 g/mol. The monoisotopic (exact) mass is 228 g/mol. The van der Waals surface area contributed by atoms with E-state index in [0.717, 1.165) is 26.0 Å². The van der Waals surface area contributed by atoms with Crippen LogP contribution in [0.25, 0.3) is 0 Å². The van der Waals surface area contributed by atoms with Crippen LogP contribution in [0.1, 0.15) is 32.6 Å². The van der Waals surface area contributed by atoms with E-state index in [9.17, 15) is 4.79 Å². The van der Waals surface area contributed by atoms with Gasteiger partial charge in [-0.3, -0.25) is 4.79 Å². The Morgan fingerprint density at radius 1 is 1.56 bits per heavy atom. The summed E-state index contributed by atoms with van der Waals surface area (Å²) in [4.78, 5) is 13.2. The molecule has 0 aliphatic carbocycles. The number of likely N-dealkylation sites (N-methyl/N-ethyl adjacent to an activating group) is 1. The van der Waals surface area contributed by atoms with Crippen LogP contribution in [0.2, 0.25) is 0 Å². The van der Waals surface area contributed by atoms with Crippen LogP contribution in [0.15, 0.2) is 0 Å². The van der Waals surface area contributed by atoms with Crippen LogP contribution in [0.5, 0.6) is 0 Å². The van der Waals surface area contributed by atoms with Gasteiger partial charge in [0.05, 0.1) is 12.1 Å². The Hall–Kier alpha value is -0.610. The summed E-state index contributed by atoms with van der Waals surface area (Å²) in [5, 5.41) is 3.24. The van der Waals surface area contributed by atoms with E-state index in [1.807, 2.05) is 6.92 Å². The van der Waals surface area contributed by atoms with Crippen molar-refractivity contribution < 1.29 is 9.53 Å². The van der Waals surface area contributed by atoms with Crippen LogP contribution in [-0.4, -0.2) is 50.2 Å². The molecule has 0 aromatic heterocycles. The van der Waals surface area contributed by atoms with Crippen molar-refractivity contribution in [2.75, 3.05) is 27.2 Å². The first-order valence-electron chi connectivity index (χ1n) is 6.17. The topological polar surface area (TPSA) is 41.6 Å². The number of carbonyl (C=O) groups is 1. The molecule has 16 heavy (non-hydrogen) atoms. The van der Waals surface area contributed by atoms with E-state index in [4.69, 9.17) is 4.74 Å². The lowest BCUT2D eigenvalue weighted by Crippen LogP contribution is -2.41. The minimum Gasteiger partial charge on any atom is -0.378 e. The Kier molecular flexibility index (Phi) is 5.77. The molecule has 0 spiro atoms. The zero-order chi connectivity index (χ0) is 12.0. The van der Waals surface area contributed by atoms with E-state index in [1.54, 1.807) is 19.0 Å². The van der Waals surface area contributed by atoms with Gasteiger partial charge >= 0.3 is 0 Å². The molecule has 1 fully saturated rings. The zero-order valence-corrected chi connectivity index (χ0v) is 10.7. The molecule has 1 saturated heterocycles. The van der Waals surface area contributed by atoms with Crippen molar-refractivity contribution in [3.63, 3.8) is 0 Å². The van der Waals surface area contributed by atoms with Crippen LogP contribution in [0.4, 0.5) is 0 Å². The first-order chi connectivity index (χ1) is 7.61. The molecule has 2 atom stereocenters.